The molecule has 0 fully saturated rings. The van der Waals surface area contributed by atoms with Gasteiger partial charge < -0.3 is 10.2 Å². The topological polar surface area (TPSA) is 32.3 Å². The van der Waals surface area contributed by atoms with Crippen LogP contribution in [-0.2, 0) is 17.6 Å². The van der Waals surface area contributed by atoms with Crippen LogP contribution in [0.5, 0.6) is 0 Å². The lowest BCUT2D eigenvalue weighted by molar-refractivity contribution is -0.114. The van der Waals surface area contributed by atoms with Crippen LogP contribution in [0, 0.1) is 0 Å². The molecule has 0 bridgehead atoms. The number of carbonyl (C=O) groups excluding carboxylic acids is 1. The van der Waals surface area contributed by atoms with E-state index >= 15 is 0 Å². The fourth-order valence-corrected chi connectivity index (χ4v) is 3.41. The van der Waals surface area contributed by atoms with Crippen molar-refractivity contribution in [1.29, 1.82) is 0 Å². The minimum Gasteiger partial charge on any atom is -0.374 e. The summed E-state index contributed by atoms with van der Waals surface area (Å²) in [5.74, 6) is -0.0290. The van der Waals surface area contributed by atoms with E-state index in [1.807, 2.05) is 12.1 Å². The number of fused-ring (bicyclic) bond motifs is 1. The van der Waals surface area contributed by atoms with Crippen LogP contribution in [0.4, 0.5) is 5.69 Å². The van der Waals surface area contributed by atoms with Crippen LogP contribution < -0.4 is 5.32 Å². The lowest BCUT2D eigenvalue weighted by Crippen LogP contribution is -2.26. The Labute approximate surface area is 150 Å². The number of allylic oxidation sites excluding steroid dienone is 1. The van der Waals surface area contributed by atoms with Gasteiger partial charge in [-0.2, -0.15) is 0 Å². The average Bonchev–Trinajstić information content (AvgIpc) is 3.02. The Balaban J connectivity index is 1.66. The van der Waals surface area contributed by atoms with E-state index < -0.39 is 0 Å². The smallest absolute Gasteiger partial charge is 0.221 e. The fourth-order valence-electron chi connectivity index (χ4n) is 3.41. The molecule has 3 nitrogen and oxygen atoms in total. The second-order valence-corrected chi connectivity index (χ2v) is 6.63. The van der Waals surface area contributed by atoms with Gasteiger partial charge in [-0.1, -0.05) is 43.3 Å². The van der Waals surface area contributed by atoms with Gasteiger partial charge in [0, 0.05) is 37.8 Å². The monoisotopic (exact) mass is 334 g/mol. The molecule has 0 spiro atoms. The summed E-state index contributed by atoms with van der Waals surface area (Å²) in [5.41, 5.74) is 6.32. The lowest BCUT2D eigenvalue weighted by Gasteiger charge is -2.25. The van der Waals surface area contributed by atoms with Gasteiger partial charge in [0.05, 0.1) is 0 Å². The molecule has 130 valence electrons. The van der Waals surface area contributed by atoms with E-state index in [0.717, 1.165) is 38.0 Å². The van der Waals surface area contributed by atoms with E-state index in [2.05, 4.69) is 59.6 Å². The Kier molecular flexibility index (Phi) is 5.54. The van der Waals surface area contributed by atoms with E-state index in [9.17, 15) is 4.79 Å². The van der Waals surface area contributed by atoms with Crippen LogP contribution in [0.25, 0.3) is 6.08 Å². The molecule has 0 saturated carbocycles. The van der Waals surface area contributed by atoms with E-state index in [1.54, 1.807) is 6.92 Å². The SMILES string of the molecule is CCCN(CCc1cccc(NC(C)=O)c1)C1=Cc2ccccc2C1. The molecular formula is C22H26N2O. The minimum absolute atomic E-state index is 0.0290. The molecule has 1 aliphatic rings. The summed E-state index contributed by atoms with van der Waals surface area (Å²) in [6.45, 7) is 5.84. The van der Waals surface area contributed by atoms with Gasteiger partial charge in [-0.25, -0.2) is 0 Å². The van der Waals surface area contributed by atoms with Crippen molar-refractivity contribution in [3.8, 4) is 0 Å². The Morgan fingerprint density at radius 3 is 2.72 bits per heavy atom. The van der Waals surface area contributed by atoms with Crippen LogP contribution in [0.3, 0.4) is 0 Å². The molecule has 0 saturated heterocycles. The number of nitrogens with zero attached hydrogens (tertiary/aromatic N) is 1. The standard InChI is InChI=1S/C22H26N2O/c1-3-12-24(22-15-19-8-4-5-9-20(19)16-22)13-11-18-7-6-10-21(14-18)23-17(2)25/h4-10,14-15H,3,11-13,16H2,1-2H3,(H,23,25). The normalized spacial score (nSPS) is 12.5. The molecule has 0 radical (unpaired) electrons. The molecule has 3 heteroatoms. The summed E-state index contributed by atoms with van der Waals surface area (Å²) < 4.78 is 0. The summed E-state index contributed by atoms with van der Waals surface area (Å²) >= 11 is 0. The molecule has 0 atom stereocenters. The quantitative estimate of drug-likeness (QED) is 0.809. The Morgan fingerprint density at radius 2 is 1.96 bits per heavy atom. The molecular weight excluding hydrogens is 308 g/mol. The molecule has 0 aliphatic heterocycles. The number of hydrogen-bond acceptors (Lipinski definition) is 2. The number of hydrogen-bond donors (Lipinski definition) is 1. The van der Waals surface area contributed by atoms with Crippen LogP contribution >= 0.6 is 0 Å². The van der Waals surface area contributed by atoms with Crippen molar-refractivity contribution in [2.75, 3.05) is 18.4 Å². The van der Waals surface area contributed by atoms with Gasteiger partial charge in [0.2, 0.25) is 5.91 Å². The first-order chi connectivity index (χ1) is 12.2. The summed E-state index contributed by atoms with van der Waals surface area (Å²) in [5, 5.41) is 2.86. The third kappa shape index (κ3) is 4.50. The van der Waals surface area contributed by atoms with Gasteiger partial charge in [-0.05, 0) is 47.7 Å². The van der Waals surface area contributed by atoms with E-state index in [4.69, 9.17) is 0 Å². The van der Waals surface area contributed by atoms with Gasteiger partial charge in [-0.15, -0.1) is 0 Å². The van der Waals surface area contributed by atoms with Gasteiger partial charge in [0.15, 0.2) is 0 Å². The predicted molar refractivity (Wildman–Crippen MR) is 104 cm³/mol. The van der Waals surface area contributed by atoms with Gasteiger partial charge in [0.25, 0.3) is 0 Å². The van der Waals surface area contributed by atoms with Crippen molar-refractivity contribution in [2.24, 2.45) is 0 Å². The number of anilines is 1. The highest BCUT2D eigenvalue weighted by atomic mass is 16.1. The van der Waals surface area contributed by atoms with Crippen LogP contribution in [0.2, 0.25) is 0 Å². The molecule has 2 aromatic carbocycles. The first-order valence-electron chi connectivity index (χ1n) is 9.05. The van der Waals surface area contributed by atoms with Crippen molar-refractivity contribution < 1.29 is 4.79 Å². The van der Waals surface area contributed by atoms with Crippen LogP contribution in [0.15, 0.2) is 54.2 Å². The highest BCUT2D eigenvalue weighted by molar-refractivity contribution is 5.88. The third-order valence-electron chi connectivity index (χ3n) is 4.57. The number of rotatable bonds is 7. The molecule has 1 N–H and O–H groups in total. The van der Waals surface area contributed by atoms with Crippen LogP contribution in [-0.4, -0.2) is 23.9 Å². The van der Waals surface area contributed by atoms with E-state index in [-0.39, 0.29) is 5.91 Å². The second-order valence-electron chi connectivity index (χ2n) is 6.63. The molecule has 0 heterocycles. The minimum atomic E-state index is -0.0290. The molecule has 1 amide bonds. The van der Waals surface area contributed by atoms with Crippen molar-refractivity contribution in [3.05, 3.63) is 70.9 Å². The molecule has 1 aliphatic carbocycles. The summed E-state index contributed by atoms with van der Waals surface area (Å²) in [6.07, 6.45) is 5.47. The first-order valence-corrected chi connectivity index (χ1v) is 9.05. The zero-order valence-electron chi connectivity index (χ0n) is 15.1. The maximum absolute atomic E-state index is 11.2. The first kappa shape index (κ1) is 17.3. The van der Waals surface area contributed by atoms with Crippen molar-refractivity contribution in [1.82, 2.24) is 4.90 Å². The second kappa shape index (κ2) is 8.02. The summed E-state index contributed by atoms with van der Waals surface area (Å²) in [4.78, 5) is 13.7. The summed E-state index contributed by atoms with van der Waals surface area (Å²) in [7, 11) is 0. The fraction of sp³-hybridized carbons (Fsp3) is 0.318. The Bertz CT molecular complexity index is 779. The molecule has 3 rings (SSSR count). The van der Waals surface area contributed by atoms with Gasteiger partial charge >= 0.3 is 0 Å². The highest BCUT2D eigenvalue weighted by Gasteiger charge is 2.17. The Hall–Kier alpha value is -2.55. The molecule has 0 aromatic heterocycles. The van der Waals surface area contributed by atoms with E-state index in [1.165, 1.54) is 22.4 Å². The zero-order chi connectivity index (χ0) is 17.6. The number of nitrogens with one attached hydrogen (secondary N) is 1. The largest absolute Gasteiger partial charge is 0.374 e. The predicted octanol–water partition coefficient (Wildman–Crippen LogP) is 4.50. The van der Waals surface area contributed by atoms with Crippen LogP contribution in [0.1, 0.15) is 37.0 Å². The number of carbonyl (C=O) groups is 1. The molecule has 2 aromatic rings. The van der Waals surface area contributed by atoms with Gasteiger partial charge in [-0.3, -0.25) is 4.79 Å². The number of benzene rings is 2. The maximum Gasteiger partial charge on any atom is 0.221 e. The summed E-state index contributed by atoms with van der Waals surface area (Å²) in [6, 6.07) is 16.8. The number of amides is 1. The maximum atomic E-state index is 11.2. The van der Waals surface area contributed by atoms with Gasteiger partial charge in [0.1, 0.15) is 0 Å². The van der Waals surface area contributed by atoms with Crippen molar-refractivity contribution >= 4 is 17.7 Å². The lowest BCUT2D eigenvalue weighted by atomic mass is 10.1. The zero-order valence-corrected chi connectivity index (χ0v) is 15.1. The van der Waals surface area contributed by atoms with E-state index in [0.29, 0.717) is 0 Å². The molecule has 0 unspecified atom stereocenters. The average molecular weight is 334 g/mol. The van der Waals surface area contributed by atoms with Crippen molar-refractivity contribution in [3.63, 3.8) is 0 Å². The van der Waals surface area contributed by atoms with Crippen molar-refractivity contribution in [2.45, 2.75) is 33.1 Å². The third-order valence-corrected chi connectivity index (χ3v) is 4.57. The molecule has 25 heavy (non-hydrogen) atoms. The highest BCUT2D eigenvalue weighted by Crippen LogP contribution is 2.27. The Morgan fingerprint density at radius 1 is 1.12 bits per heavy atom.